The van der Waals surface area contributed by atoms with Gasteiger partial charge in [0, 0.05) is 66.0 Å². The van der Waals surface area contributed by atoms with E-state index in [4.69, 9.17) is 76.6 Å². The third-order valence-electron chi connectivity index (χ3n) is 24.8. The molecule has 656 valence electrons. The fourth-order valence-electron chi connectivity index (χ4n) is 17.8. The largest absolute Gasteiger partial charge is 0.466 e. The molecule has 2 aliphatic heterocycles. The molecule has 3 saturated carbocycles. The molecule has 10 aromatic rings. The van der Waals surface area contributed by atoms with Gasteiger partial charge in [-0.1, -0.05) is 199 Å². The quantitative estimate of drug-likeness (QED) is 0.0293. The molecular weight excluding hydrogens is 1630 g/mol. The number of hydrogen-bond donors (Lipinski definition) is 3. The van der Waals surface area contributed by atoms with Crippen molar-refractivity contribution in [2.75, 3.05) is 59.1 Å². The molecule has 3 amide bonds. The fourth-order valence-corrected chi connectivity index (χ4v) is 18.2. The van der Waals surface area contributed by atoms with Crippen molar-refractivity contribution in [2.24, 2.45) is 47.3 Å². The van der Waals surface area contributed by atoms with Crippen LogP contribution >= 0.6 is 23.2 Å². The lowest BCUT2D eigenvalue weighted by Gasteiger charge is -2.38. The van der Waals surface area contributed by atoms with Crippen molar-refractivity contribution in [3.8, 4) is 34.2 Å². The molecule has 29 heteroatoms. The van der Waals surface area contributed by atoms with E-state index in [9.17, 15) is 33.6 Å². The summed E-state index contributed by atoms with van der Waals surface area (Å²) in [6, 6.07) is 28.8. The van der Waals surface area contributed by atoms with Crippen LogP contribution in [0.4, 0.5) is 17.1 Å². The van der Waals surface area contributed by atoms with E-state index >= 15 is 0 Å². The molecule has 27 nitrogen and oxygen atoms in total. The summed E-state index contributed by atoms with van der Waals surface area (Å²) in [6.45, 7) is 59.0. The first-order valence-corrected chi connectivity index (χ1v) is 44.0. The number of likely N-dealkylation sites (tertiary alicyclic amines) is 1. The second kappa shape index (κ2) is 41.1. The second-order valence-corrected chi connectivity index (χ2v) is 34.6. The maximum atomic E-state index is 14.0. The van der Waals surface area contributed by atoms with Gasteiger partial charge in [-0.3, -0.25) is 34.5 Å². The Hall–Kier alpha value is -12.1. The number of esters is 4. The van der Waals surface area contributed by atoms with Crippen molar-refractivity contribution in [2.45, 2.75) is 172 Å². The van der Waals surface area contributed by atoms with Crippen LogP contribution in [0, 0.1) is 94.8 Å². The highest BCUT2D eigenvalue weighted by atomic mass is 35.5. The number of aromatic nitrogens is 9. The van der Waals surface area contributed by atoms with Gasteiger partial charge in [-0.2, -0.15) is 0 Å². The van der Waals surface area contributed by atoms with Gasteiger partial charge < -0.3 is 38.4 Å². The number of carbonyl (C=O) groups is 7. The normalized spacial score (nSPS) is 20.7. The first-order chi connectivity index (χ1) is 60.1. The monoisotopic (exact) mass is 1740 g/mol. The first kappa shape index (κ1) is 92.1. The topological polar surface area (TPSA) is 288 Å². The summed E-state index contributed by atoms with van der Waals surface area (Å²) in [5.74, 6) is -0.260. The van der Waals surface area contributed by atoms with Gasteiger partial charge in [-0.25, -0.2) is 57.4 Å². The van der Waals surface area contributed by atoms with Gasteiger partial charge in [0.1, 0.15) is 52.1 Å². The molecule has 4 aromatic carbocycles. The first-order valence-electron chi connectivity index (χ1n) is 43.2. The number of benzene rings is 4. The molecule has 3 aliphatic carbocycles. The molecule has 8 heterocycles. The Morgan fingerprint density at radius 2 is 0.848 bits per heavy atom. The van der Waals surface area contributed by atoms with Gasteiger partial charge in [-0.05, 0) is 145 Å². The van der Waals surface area contributed by atoms with E-state index in [1.54, 1.807) is 28.9 Å². The van der Waals surface area contributed by atoms with Gasteiger partial charge in [0.15, 0.2) is 34.4 Å². The van der Waals surface area contributed by atoms with Crippen LogP contribution in [0.5, 0.6) is 0 Å². The van der Waals surface area contributed by atoms with Crippen LogP contribution in [0.2, 0.25) is 10.0 Å². The number of morpholine rings is 1. The molecule has 6 atom stereocenters. The van der Waals surface area contributed by atoms with Gasteiger partial charge in [0.2, 0.25) is 17.1 Å². The van der Waals surface area contributed by atoms with Crippen molar-refractivity contribution in [1.29, 1.82) is 0 Å². The van der Waals surface area contributed by atoms with Crippen molar-refractivity contribution < 1.29 is 57.2 Å². The second-order valence-electron chi connectivity index (χ2n) is 33.8. The number of nitrogens with zero attached hydrogens (tertiary/aromatic N) is 12. The number of fused-ring (bicyclic) bond motifs is 3. The lowest BCUT2D eigenvalue weighted by molar-refractivity contribution is -0.149. The minimum absolute atomic E-state index is 0.00402. The van der Waals surface area contributed by atoms with Crippen LogP contribution in [-0.4, -0.2) is 177 Å². The van der Waals surface area contributed by atoms with E-state index < -0.39 is 29.7 Å². The van der Waals surface area contributed by atoms with Crippen molar-refractivity contribution >= 4 is 98.8 Å². The molecule has 0 spiro atoms. The minimum atomic E-state index is -0.638. The minimum Gasteiger partial charge on any atom is -0.466 e. The van der Waals surface area contributed by atoms with Gasteiger partial charge in [0.25, 0.3) is 17.7 Å². The molecular formula is C96H111Cl2N15O12. The molecule has 6 aromatic heterocycles. The summed E-state index contributed by atoms with van der Waals surface area (Å²) in [4.78, 5) is 125. The van der Waals surface area contributed by atoms with Gasteiger partial charge >= 0.3 is 23.9 Å². The zero-order chi connectivity index (χ0) is 89.8. The number of amides is 3. The van der Waals surface area contributed by atoms with Crippen LogP contribution < -0.4 is 0 Å². The third-order valence-corrected chi connectivity index (χ3v) is 25.6. The fraction of sp³-hybridized carbons (Fsp3) is 0.448. The lowest BCUT2D eigenvalue weighted by atomic mass is 9.73. The number of ether oxygens (including phenoxy) is 5. The number of rotatable bonds is 19. The van der Waals surface area contributed by atoms with Crippen molar-refractivity contribution in [3.05, 3.63) is 217 Å². The predicted octanol–water partition coefficient (Wildman–Crippen LogP) is 20.2. The summed E-state index contributed by atoms with van der Waals surface area (Å²) in [5.41, 5.74) is 7.32. The Kier molecular flexibility index (Phi) is 30.3. The Balaban J connectivity index is 0.000000162. The van der Waals surface area contributed by atoms with E-state index in [1.807, 2.05) is 119 Å². The average molecular weight is 1740 g/mol. The predicted molar refractivity (Wildman–Crippen MR) is 481 cm³/mol. The summed E-state index contributed by atoms with van der Waals surface area (Å²) in [6.07, 6.45) is 12.5. The summed E-state index contributed by atoms with van der Waals surface area (Å²) >= 11 is 11.5. The lowest BCUT2D eigenvalue weighted by Crippen LogP contribution is -2.41. The number of aryl methyl sites for hydroxylation is 3. The average Bonchev–Trinajstić information content (AvgIpc) is 1.59. The molecule has 0 bridgehead atoms. The van der Waals surface area contributed by atoms with Crippen molar-refractivity contribution in [1.82, 2.24) is 58.5 Å². The third kappa shape index (κ3) is 20.2. The molecule has 5 aliphatic rings. The summed E-state index contributed by atoms with van der Waals surface area (Å²) in [7, 11) is 0. The number of halogens is 2. The van der Waals surface area contributed by atoms with E-state index in [-0.39, 0.29) is 152 Å². The Morgan fingerprint density at radius 1 is 0.504 bits per heavy atom. The Labute approximate surface area is 739 Å². The van der Waals surface area contributed by atoms with Gasteiger partial charge in [-0.15, -0.1) is 13.2 Å². The van der Waals surface area contributed by atoms with Gasteiger partial charge in [0.05, 0.1) is 45.5 Å². The van der Waals surface area contributed by atoms with E-state index in [0.717, 1.165) is 107 Å². The number of piperidine rings is 1. The standard InChI is InChI=1S/C31H37N5O5.C31H37N5O3.C27H31N5O4.C7H6Cl2/c1-6-40-30(38)22-14-16-35(17-15-22)29(37)25-24(32-5)23(31(39)41-26-19(3)8-7-9-20(26)4)28-33-27(34-36(25)28)21-12-10-18(2)11-13-21;1-8-15-35(16-9-2)30(37)26-25(32-7)24(31(38)39-27-20(5)17-22(10-3)18-21(27)6)29-33-28(34-36(26)29)23-13-11-19(4)12-14-23;1-16-8-10-19(11-9-16)24-29-25-20(27(34)36-23-17(2)6-5-7-18(23)3)21(28-4)22(32(25)30-24)26(33)31-12-14-35-15-13-31;1-5-6(8)3-2-4-7(5)9/h10-13,19-20,22,26H,6-9,14-17H2,1-4H3,(H,33,34);8-9,11-14,20-22,27H,1-2,10,15-18H2,3-6H3,(H,33,34);8-11,17-18,23H,5-7,12-15H2,1-3H3,(H,29,30);2-4H,1H3. The Bertz CT molecular complexity index is 5700. The molecule has 6 unspecified atom stereocenters. The maximum Gasteiger partial charge on any atom is 0.331 e. The number of H-pyrrole nitrogens is 3. The van der Waals surface area contributed by atoms with E-state index in [0.29, 0.717) is 82.2 Å². The van der Waals surface area contributed by atoms with Crippen molar-refractivity contribution in [3.63, 3.8) is 0 Å². The SMILES string of the molecule is Cc1c(Cl)cccc1Cl.[C-]#[N+]c1c(C(=O)OC2C(C)CC(CC)CC2C)c2nc(-c3ccc(C)cc3)[nH]n2c1C(=O)N(CC=C)CC=C.[C-]#[N+]c1c(C(=O)OC2C(C)CCCC2C)c2nc(-c3ccc(C)cc3)[nH]n2c1C(=O)N1CCC(C(=O)OCC)CC1.[C-]#[N+]c1c(C(=O)OC2C(C)CCCC2C)c2nc(-c3ccc(C)cc3)[nH]n2c1C(=O)N1CCOCC1. The zero-order valence-electron chi connectivity index (χ0n) is 73.2. The maximum absolute atomic E-state index is 14.0. The van der Waals surface area contributed by atoms with Crippen LogP contribution in [0.1, 0.15) is 211 Å². The number of nitrogens with one attached hydrogen (secondary N) is 3. The molecule has 125 heavy (non-hydrogen) atoms. The highest BCUT2D eigenvalue weighted by Crippen LogP contribution is 2.43. The number of hydrogen-bond acceptors (Lipinski definition) is 15. The molecule has 5 fully saturated rings. The Morgan fingerprint density at radius 3 is 1.18 bits per heavy atom. The van der Waals surface area contributed by atoms with Crippen LogP contribution in [0.25, 0.3) is 65.6 Å². The van der Waals surface area contributed by atoms with E-state index in [2.05, 4.69) is 96.4 Å². The summed E-state index contributed by atoms with van der Waals surface area (Å²) < 4.78 is 33.1. The van der Waals surface area contributed by atoms with Crippen LogP contribution in [-0.2, 0) is 28.5 Å². The smallest absolute Gasteiger partial charge is 0.331 e. The van der Waals surface area contributed by atoms with Crippen LogP contribution in [0.3, 0.4) is 0 Å². The molecule has 0 radical (unpaired) electrons. The highest BCUT2D eigenvalue weighted by Gasteiger charge is 2.43. The molecule has 3 N–H and O–H groups in total. The molecule has 15 rings (SSSR count). The highest BCUT2D eigenvalue weighted by molar-refractivity contribution is 6.36. The number of aromatic amines is 3. The van der Waals surface area contributed by atoms with E-state index in [1.165, 1.54) is 18.4 Å². The zero-order valence-corrected chi connectivity index (χ0v) is 74.8. The van der Waals surface area contributed by atoms with Crippen LogP contribution in [0.15, 0.2) is 116 Å². The molecule has 2 saturated heterocycles. The summed E-state index contributed by atoms with van der Waals surface area (Å²) in [5, 5.41) is 10.9. The number of carbonyl (C=O) groups excluding carboxylic acids is 7.